The third-order valence-electron chi connectivity index (χ3n) is 1.59. The number of aliphatic hydroxyl groups is 1. The van der Waals surface area contributed by atoms with E-state index in [2.05, 4.69) is 4.98 Å². The zero-order chi connectivity index (χ0) is 10.1. The third-order valence-corrected chi connectivity index (χ3v) is 1.59. The van der Waals surface area contributed by atoms with Gasteiger partial charge in [0.15, 0.2) is 6.10 Å². The Kier molecular flexibility index (Phi) is 2.63. The lowest BCUT2D eigenvalue weighted by Crippen LogP contribution is -2.20. The molecule has 1 aromatic heterocycles. The van der Waals surface area contributed by atoms with Gasteiger partial charge in [0.05, 0.1) is 5.69 Å². The van der Waals surface area contributed by atoms with Crippen LogP contribution in [0.5, 0.6) is 0 Å². The number of aromatic nitrogens is 1. The lowest BCUT2D eigenvalue weighted by Gasteiger charge is -2.12. The maximum Gasteiger partial charge on any atom is 0.420 e. The van der Waals surface area contributed by atoms with Gasteiger partial charge in [0.25, 0.3) is 0 Å². The minimum absolute atomic E-state index is 0.116. The van der Waals surface area contributed by atoms with Crippen LogP contribution in [0, 0.1) is 0 Å². The second kappa shape index (κ2) is 3.39. The number of hydrogen-bond donors (Lipinski definition) is 3. The summed E-state index contributed by atoms with van der Waals surface area (Å²) in [5.41, 5.74) is 5.35. The standard InChI is InChI=1S/C7H9F3N2O/c8-7(9,10)6(13)5-2-1-4(3-11)12-5/h1-2,6,12-13H,3,11H2. The smallest absolute Gasteiger partial charge is 0.378 e. The van der Waals surface area contributed by atoms with Crippen LogP contribution in [0.2, 0.25) is 0 Å². The highest BCUT2D eigenvalue weighted by Crippen LogP contribution is 2.31. The fourth-order valence-corrected chi connectivity index (χ4v) is 0.914. The average Bonchev–Trinajstić information content (AvgIpc) is 2.48. The summed E-state index contributed by atoms with van der Waals surface area (Å²) in [5.74, 6) is 0. The maximum atomic E-state index is 11.9. The van der Waals surface area contributed by atoms with Crippen molar-refractivity contribution >= 4 is 0 Å². The van der Waals surface area contributed by atoms with E-state index >= 15 is 0 Å². The second-order valence-electron chi connectivity index (χ2n) is 2.59. The van der Waals surface area contributed by atoms with Crippen LogP contribution in [0.4, 0.5) is 13.2 Å². The number of nitrogens with two attached hydrogens (primary N) is 1. The Hall–Kier alpha value is -1.01. The molecule has 1 unspecified atom stereocenters. The van der Waals surface area contributed by atoms with Gasteiger partial charge >= 0.3 is 6.18 Å². The number of halogens is 3. The topological polar surface area (TPSA) is 62.0 Å². The zero-order valence-electron chi connectivity index (χ0n) is 6.60. The highest BCUT2D eigenvalue weighted by Gasteiger charge is 2.40. The fourth-order valence-electron chi connectivity index (χ4n) is 0.914. The third kappa shape index (κ3) is 2.22. The van der Waals surface area contributed by atoms with Gasteiger partial charge in [0, 0.05) is 12.2 Å². The first-order chi connectivity index (χ1) is 5.95. The van der Waals surface area contributed by atoms with Crippen molar-refractivity contribution in [1.29, 1.82) is 0 Å². The predicted octanol–water partition coefficient (Wildman–Crippen LogP) is 1.07. The first-order valence-electron chi connectivity index (χ1n) is 3.57. The molecule has 0 saturated carbocycles. The highest BCUT2D eigenvalue weighted by atomic mass is 19.4. The van der Waals surface area contributed by atoms with Gasteiger partial charge in [-0.15, -0.1) is 0 Å². The number of H-pyrrole nitrogens is 1. The Morgan fingerprint density at radius 1 is 1.46 bits per heavy atom. The maximum absolute atomic E-state index is 11.9. The van der Waals surface area contributed by atoms with Crippen molar-refractivity contribution in [2.24, 2.45) is 5.73 Å². The van der Waals surface area contributed by atoms with E-state index in [0.717, 1.165) is 0 Å². The van der Waals surface area contributed by atoms with E-state index in [1.807, 2.05) is 0 Å². The highest BCUT2D eigenvalue weighted by molar-refractivity contribution is 5.15. The summed E-state index contributed by atoms with van der Waals surface area (Å²) in [6.45, 7) is 0.116. The van der Waals surface area contributed by atoms with Gasteiger partial charge in [-0.1, -0.05) is 0 Å². The molecular weight excluding hydrogens is 185 g/mol. The summed E-state index contributed by atoms with van der Waals surface area (Å²) in [4.78, 5) is 2.37. The Labute approximate surface area is 72.4 Å². The minimum Gasteiger partial charge on any atom is -0.378 e. The summed E-state index contributed by atoms with van der Waals surface area (Å²) < 4.78 is 35.8. The molecule has 4 N–H and O–H groups in total. The number of hydrogen-bond acceptors (Lipinski definition) is 2. The van der Waals surface area contributed by atoms with Crippen molar-refractivity contribution in [2.45, 2.75) is 18.8 Å². The van der Waals surface area contributed by atoms with Crippen molar-refractivity contribution in [3.8, 4) is 0 Å². The number of nitrogens with one attached hydrogen (secondary N) is 1. The van der Waals surface area contributed by atoms with E-state index in [-0.39, 0.29) is 12.2 Å². The average molecular weight is 194 g/mol. The molecule has 1 atom stereocenters. The molecule has 0 aliphatic rings. The molecule has 1 aromatic rings. The van der Waals surface area contributed by atoms with E-state index in [4.69, 9.17) is 10.8 Å². The molecule has 0 aromatic carbocycles. The van der Waals surface area contributed by atoms with E-state index in [1.165, 1.54) is 12.1 Å². The largest absolute Gasteiger partial charge is 0.420 e. The molecule has 0 amide bonds. The Balaban J connectivity index is 2.83. The molecule has 0 aliphatic carbocycles. The van der Waals surface area contributed by atoms with E-state index < -0.39 is 12.3 Å². The minimum atomic E-state index is -4.64. The Morgan fingerprint density at radius 2 is 2.08 bits per heavy atom. The van der Waals surface area contributed by atoms with E-state index in [1.54, 1.807) is 0 Å². The van der Waals surface area contributed by atoms with Crippen LogP contribution < -0.4 is 5.73 Å². The lowest BCUT2D eigenvalue weighted by molar-refractivity contribution is -0.207. The van der Waals surface area contributed by atoms with Crippen LogP contribution in [0.25, 0.3) is 0 Å². The molecule has 6 heteroatoms. The Bertz CT molecular complexity index is 282. The van der Waals surface area contributed by atoms with Crippen LogP contribution in [0.1, 0.15) is 17.5 Å². The molecule has 74 valence electrons. The molecule has 0 fully saturated rings. The SMILES string of the molecule is NCc1ccc(C(O)C(F)(F)F)[nH]1. The molecular formula is C7H9F3N2O. The number of aliphatic hydroxyl groups excluding tert-OH is 1. The quantitative estimate of drug-likeness (QED) is 0.659. The molecule has 0 spiro atoms. The monoisotopic (exact) mass is 194 g/mol. The molecule has 0 saturated heterocycles. The van der Waals surface area contributed by atoms with Gasteiger partial charge in [0.1, 0.15) is 0 Å². The van der Waals surface area contributed by atoms with Crippen molar-refractivity contribution in [2.75, 3.05) is 0 Å². The summed E-state index contributed by atoms with van der Waals surface area (Å²) >= 11 is 0. The van der Waals surface area contributed by atoms with E-state index in [9.17, 15) is 13.2 Å². The first kappa shape index (κ1) is 10.1. The van der Waals surface area contributed by atoms with Gasteiger partial charge in [0.2, 0.25) is 0 Å². The van der Waals surface area contributed by atoms with Crippen LogP contribution >= 0.6 is 0 Å². The van der Waals surface area contributed by atoms with Gasteiger partial charge in [-0.3, -0.25) is 0 Å². The van der Waals surface area contributed by atoms with E-state index in [0.29, 0.717) is 5.69 Å². The normalized spacial score (nSPS) is 14.5. The molecule has 0 bridgehead atoms. The molecule has 1 heterocycles. The van der Waals surface area contributed by atoms with Crippen molar-refractivity contribution in [3.05, 3.63) is 23.5 Å². The molecule has 1 rings (SSSR count). The summed E-state index contributed by atoms with van der Waals surface area (Å²) in [7, 11) is 0. The number of aromatic amines is 1. The summed E-state index contributed by atoms with van der Waals surface area (Å²) in [6.07, 6.45) is -7.11. The van der Waals surface area contributed by atoms with Crippen LogP contribution in [-0.4, -0.2) is 16.3 Å². The van der Waals surface area contributed by atoms with Crippen LogP contribution in [0.3, 0.4) is 0 Å². The van der Waals surface area contributed by atoms with Crippen molar-refractivity contribution in [1.82, 2.24) is 4.98 Å². The van der Waals surface area contributed by atoms with Gasteiger partial charge < -0.3 is 15.8 Å². The van der Waals surface area contributed by atoms with Crippen molar-refractivity contribution < 1.29 is 18.3 Å². The lowest BCUT2D eigenvalue weighted by atomic mass is 10.2. The first-order valence-corrected chi connectivity index (χ1v) is 3.57. The fraction of sp³-hybridized carbons (Fsp3) is 0.429. The number of rotatable bonds is 2. The Morgan fingerprint density at radius 3 is 2.46 bits per heavy atom. The van der Waals surface area contributed by atoms with Gasteiger partial charge in [-0.25, -0.2) is 0 Å². The van der Waals surface area contributed by atoms with Crippen molar-refractivity contribution in [3.63, 3.8) is 0 Å². The van der Waals surface area contributed by atoms with Gasteiger partial charge in [-0.2, -0.15) is 13.2 Å². The molecule has 0 radical (unpaired) electrons. The van der Waals surface area contributed by atoms with Crippen LogP contribution in [-0.2, 0) is 6.54 Å². The summed E-state index contributed by atoms with van der Waals surface area (Å²) in [5, 5.41) is 8.77. The zero-order valence-corrected chi connectivity index (χ0v) is 6.60. The molecule has 13 heavy (non-hydrogen) atoms. The predicted molar refractivity (Wildman–Crippen MR) is 39.7 cm³/mol. The number of alkyl halides is 3. The van der Waals surface area contributed by atoms with Crippen LogP contribution in [0.15, 0.2) is 12.1 Å². The molecule has 3 nitrogen and oxygen atoms in total. The second-order valence-corrected chi connectivity index (χ2v) is 2.59. The van der Waals surface area contributed by atoms with Gasteiger partial charge in [-0.05, 0) is 12.1 Å². The summed E-state index contributed by atoms with van der Waals surface area (Å²) in [6, 6.07) is 2.57. The molecule has 0 aliphatic heterocycles.